The summed E-state index contributed by atoms with van der Waals surface area (Å²) in [5, 5.41) is 266. The Hall–Kier alpha value is -2.62. The van der Waals surface area contributed by atoms with E-state index in [0.717, 1.165) is 13.8 Å². The van der Waals surface area contributed by atoms with Gasteiger partial charge in [0.15, 0.2) is 50.3 Å². The van der Waals surface area contributed by atoms with Crippen molar-refractivity contribution in [2.45, 2.75) is 259 Å². The summed E-state index contributed by atoms with van der Waals surface area (Å²) in [7, 11) is 0. The van der Waals surface area contributed by atoms with Gasteiger partial charge in [-0.15, -0.1) is 0 Å². The molecule has 95 heavy (non-hydrogen) atoms. The summed E-state index contributed by atoms with van der Waals surface area (Å²) in [6, 6.07) is -3.49. The van der Waals surface area contributed by atoms with E-state index in [0.29, 0.717) is 0 Å². The van der Waals surface area contributed by atoms with Gasteiger partial charge in [0.05, 0.1) is 52.9 Å². The number of amides is 2. The molecule has 0 aromatic carbocycles. The Labute approximate surface area is 536 Å². The second-order valence-corrected chi connectivity index (χ2v) is 23.9. The molecule has 0 radical (unpaired) electrons. The zero-order chi connectivity index (χ0) is 69.9. The van der Waals surface area contributed by atoms with E-state index >= 15 is 0 Å². The van der Waals surface area contributed by atoms with Gasteiger partial charge < -0.3 is 204 Å². The summed E-state index contributed by atoms with van der Waals surface area (Å²) in [5.41, 5.74) is 0. The van der Waals surface area contributed by atoms with Crippen LogP contribution in [0.4, 0.5) is 0 Å². The molecule has 8 saturated heterocycles. The number of hydrogen-bond donors (Lipinski definition) is 26. The van der Waals surface area contributed by atoms with Crippen molar-refractivity contribution in [3.63, 3.8) is 0 Å². The van der Waals surface area contributed by atoms with Gasteiger partial charge in [0, 0.05) is 13.8 Å². The second kappa shape index (κ2) is 33.9. The molecule has 0 spiro atoms. The van der Waals surface area contributed by atoms with Gasteiger partial charge in [-0.3, -0.25) is 9.59 Å². The molecule has 40 atom stereocenters. The number of aliphatic hydroxyl groups excluding tert-OH is 24. The predicted octanol–water partition coefficient (Wildman–Crippen LogP) is -18.2. The van der Waals surface area contributed by atoms with Crippen LogP contribution in [0.3, 0.4) is 0 Å². The van der Waals surface area contributed by atoms with Crippen LogP contribution in [0.15, 0.2) is 0 Å². The highest BCUT2D eigenvalue weighted by atomic mass is 16.8. The number of ether oxygens (including phenoxy) is 15. The Balaban J connectivity index is 1.12. The van der Waals surface area contributed by atoms with Crippen LogP contribution in [0.25, 0.3) is 0 Å². The van der Waals surface area contributed by atoms with Gasteiger partial charge in [0.1, 0.15) is 195 Å². The van der Waals surface area contributed by atoms with Crippen molar-refractivity contribution >= 4 is 11.8 Å². The van der Waals surface area contributed by atoms with Crippen molar-refractivity contribution in [2.24, 2.45) is 0 Å². The van der Waals surface area contributed by atoms with Gasteiger partial charge in [0.25, 0.3) is 0 Å². The molecule has 8 heterocycles. The Morgan fingerprint density at radius 1 is 0.274 bits per heavy atom. The SMILES string of the molecule is CC(=O)N[C@H]1[C@H](O[C@H]2[C@H](O)[C@@H](NC(C)=O)C(O)O[C@@H]2CO)O[C@H](CO)[C@@H](O[C@@H]2O[C@H](CO[C@H]3O[C@H](CO[C@H]4O[C@H](CO)[C@@H](O)[C@H](O)[C@@H]4O)[C@@H](O)[C@H](O[C@H]4O[C@H](CO)[C@@H](O)[C@H](O)[C@@H]4O)[C@@H]3O)[C@@H](O)[C@H](O[C@H]3O[C@H](CO)[C@@H](O)[C@H](O)[C@@H]3O[C@H]3O[C@H](CO)[C@@H](O)[C@H](O)[C@@H]3O)[C@@H]2O)[C@@H]1O. The van der Waals surface area contributed by atoms with Crippen LogP contribution in [0.2, 0.25) is 0 Å². The first kappa shape index (κ1) is 78.1. The lowest BCUT2D eigenvalue weighted by Gasteiger charge is -2.50. The molecule has 0 aliphatic carbocycles. The van der Waals surface area contributed by atoms with E-state index < -0.39 is 310 Å². The van der Waals surface area contributed by atoms with E-state index in [1.54, 1.807) is 0 Å². The fourth-order valence-electron chi connectivity index (χ4n) is 12.1. The maximum absolute atomic E-state index is 12.8. The minimum atomic E-state index is -2.49. The molecule has 552 valence electrons. The predicted molar refractivity (Wildman–Crippen MR) is 288 cm³/mol. The van der Waals surface area contributed by atoms with Crippen LogP contribution in [0.1, 0.15) is 13.8 Å². The molecule has 8 aliphatic heterocycles. The third kappa shape index (κ3) is 17.0. The van der Waals surface area contributed by atoms with Crippen LogP contribution >= 0.6 is 0 Å². The van der Waals surface area contributed by atoms with Gasteiger partial charge in [-0.1, -0.05) is 0 Å². The standard InChI is InChI=1S/C52H88N2O41/c1-11(61)53-21-29(69)40(17(7-59)83-45(21)80)91-46-22(54-12(2)62)30(70)41(18(8-60)88-46)92-51-39(79)43(94-52-44(34(74)26(66)16(6-58)87-52)95-50-37(77)33(73)25(65)15(5-57)86-50)28(68)20(90-51)10-82-48-38(78)42(93-49-36(76)32(72)24(64)14(4-56)85-49)27(67)19(89-48)9-81-47-35(75)31(71)23(63)13(3-55)84-47/h13-52,55-60,63-80H,3-10H2,1-2H3,(H,53,61)(H,54,62)/t13-,14-,15-,16-,17-,18-,19-,20-,21-,22-,23-,24-,25-,26-,27-,28-,29-,30-,31+,32+,33+,34+,35+,36+,37+,38+,39+,40-,41-,42+,43+,44+,45?,46+,47+,48+,49-,50-,51+,52-/m1/s1. The van der Waals surface area contributed by atoms with Crippen molar-refractivity contribution in [2.75, 3.05) is 52.9 Å². The molecule has 0 aromatic heterocycles. The highest BCUT2D eigenvalue weighted by molar-refractivity contribution is 5.73. The molecule has 8 rings (SSSR count). The topological polar surface area (TPSA) is 682 Å². The maximum atomic E-state index is 12.8. The first-order valence-corrected chi connectivity index (χ1v) is 30.1. The van der Waals surface area contributed by atoms with E-state index in [9.17, 15) is 132 Å². The number of nitrogens with one attached hydrogen (secondary N) is 2. The minimum absolute atomic E-state index is 0.766. The van der Waals surface area contributed by atoms with Gasteiger partial charge in [-0.25, -0.2) is 0 Å². The molecule has 0 bridgehead atoms. The molecule has 43 heteroatoms. The molecular formula is C52H88N2O41. The summed E-state index contributed by atoms with van der Waals surface area (Å²) in [6.45, 7) is -6.26. The Morgan fingerprint density at radius 2 is 0.568 bits per heavy atom. The third-order valence-electron chi connectivity index (χ3n) is 17.4. The Bertz CT molecular complexity index is 2380. The van der Waals surface area contributed by atoms with Crippen molar-refractivity contribution in [1.82, 2.24) is 10.6 Å². The third-order valence-corrected chi connectivity index (χ3v) is 17.4. The molecule has 43 nitrogen and oxygen atoms in total. The molecule has 0 aromatic rings. The lowest BCUT2D eigenvalue weighted by molar-refractivity contribution is -0.399. The van der Waals surface area contributed by atoms with E-state index in [2.05, 4.69) is 10.6 Å². The van der Waals surface area contributed by atoms with Crippen molar-refractivity contribution in [3.05, 3.63) is 0 Å². The molecule has 2 amide bonds. The normalized spacial score (nSPS) is 50.8. The zero-order valence-corrected chi connectivity index (χ0v) is 50.4. The van der Waals surface area contributed by atoms with Crippen LogP contribution in [-0.4, -0.2) is 433 Å². The average Bonchev–Trinajstić information content (AvgIpc) is 0.778. The fourth-order valence-corrected chi connectivity index (χ4v) is 12.1. The van der Waals surface area contributed by atoms with Crippen molar-refractivity contribution in [3.8, 4) is 0 Å². The van der Waals surface area contributed by atoms with Crippen LogP contribution < -0.4 is 10.6 Å². The monoisotopic (exact) mass is 1400 g/mol. The largest absolute Gasteiger partial charge is 0.394 e. The van der Waals surface area contributed by atoms with Crippen LogP contribution in [-0.2, 0) is 80.6 Å². The first-order valence-electron chi connectivity index (χ1n) is 30.1. The first-order chi connectivity index (χ1) is 44.9. The van der Waals surface area contributed by atoms with Gasteiger partial charge in [-0.05, 0) is 0 Å². The number of aliphatic hydroxyl groups is 24. The molecule has 26 N–H and O–H groups in total. The number of hydrogen-bond acceptors (Lipinski definition) is 41. The highest BCUT2D eigenvalue weighted by Crippen LogP contribution is 2.38. The summed E-state index contributed by atoms with van der Waals surface area (Å²) < 4.78 is 86.6. The lowest BCUT2D eigenvalue weighted by atomic mass is 9.94. The van der Waals surface area contributed by atoms with Gasteiger partial charge in [0.2, 0.25) is 11.8 Å². The van der Waals surface area contributed by atoms with E-state index in [4.69, 9.17) is 71.1 Å². The molecule has 1 unspecified atom stereocenters. The van der Waals surface area contributed by atoms with Gasteiger partial charge >= 0.3 is 0 Å². The molecular weight excluding hydrogens is 1310 g/mol. The molecule has 8 fully saturated rings. The Morgan fingerprint density at radius 3 is 1.02 bits per heavy atom. The van der Waals surface area contributed by atoms with Gasteiger partial charge in [-0.2, -0.15) is 0 Å². The summed E-state index contributed by atoms with van der Waals surface area (Å²) in [6.07, 6.45) is -77.9. The smallest absolute Gasteiger partial charge is 0.217 e. The summed E-state index contributed by atoms with van der Waals surface area (Å²) in [4.78, 5) is 24.9. The fraction of sp³-hybridized carbons (Fsp3) is 0.962. The second-order valence-electron chi connectivity index (χ2n) is 23.9. The lowest BCUT2D eigenvalue weighted by Crippen LogP contribution is -2.70. The molecule has 0 saturated carbocycles. The summed E-state index contributed by atoms with van der Waals surface area (Å²) >= 11 is 0. The minimum Gasteiger partial charge on any atom is -0.394 e. The van der Waals surface area contributed by atoms with E-state index in [-0.39, 0.29) is 0 Å². The van der Waals surface area contributed by atoms with Crippen molar-refractivity contribution in [1.29, 1.82) is 0 Å². The van der Waals surface area contributed by atoms with E-state index in [1.807, 2.05) is 0 Å². The summed E-state index contributed by atoms with van der Waals surface area (Å²) in [5.74, 6) is -1.68. The Kier molecular flexibility index (Phi) is 27.9. The maximum Gasteiger partial charge on any atom is 0.217 e. The molecule has 8 aliphatic rings. The van der Waals surface area contributed by atoms with E-state index in [1.165, 1.54) is 0 Å². The number of carbonyl (C=O) groups is 2. The van der Waals surface area contributed by atoms with Crippen LogP contribution in [0.5, 0.6) is 0 Å². The average molecular weight is 1400 g/mol. The quantitative estimate of drug-likeness (QED) is 0.0427. The number of rotatable bonds is 24. The highest BCUT2D eigenvalue weighted by Gasteiger charge is 2.59. The number of carbonyl (C=O) groups excluding carboxylic acids is 2. The zero-order valence-electron chi connectivity index (χ0n) is 50.4. The van der Waals surface area contributed by atoms with Crippen LogP contribution in [0, 0.1) is 0 Å². The van der Waals surface area contributed by atoms with Crippen molar-refractivity contribution < 1.29 is 203 Å².